The molecule has 7 heteroatoms. The van der Waals surface area contributed by atoms with E-state index in [2.05, 4.69) is 5.32 Å². The summed E-state index contributed by atoms with van der Waals surface area (Å²) < 4.78 is 0. The lowest BCUT2D eigenvalue weighted by Crippen LogP contribution is -2.17. The van der Waals surface area contributed by atoms with Crippen molar-refractivity contribution in [2.75, 3.05) is 19.7 Å². The van der Waals surface area contributed by atoms with Crippen molar-refractivity contribution in [1.82, 2.24) is 5.32 Å². The molecular weight excluding hydrogens is 190 g/mol. The molecule has 14 heavy (non-hydrogen) atoms. The first kappa shape index (κ1) is 15.3. The van der Waals surface area contributed by atoms with E-state index in [-0.39, 0.29) is 6.61 Å². The summed E-state index contributed by atoms with van der Waals surface area (Å²) in [4.78, 5) is 8.36. The first-order valence-corrected chi connectivity index (χ1v) is 4.29. The first-order chi connectivity index (χ1) is 6.65. The summed E-state index contributed by atoms with van der Waals surface area (Å²) in [5.74, 6) is 0. The zero-order valence-corrected chi connectivity index (χ0v) is 7.98. The fourth-order valence-corrected chi connectivity index (χ4v) is 0.658. The van der Waals surface area contributed by atoms with E-state index < -0.39 is 5.09 Å². The summed E-state index contributed by atoms with van der Waals surface area (Å²) >= 11 is 0. The van der Waals surface area contributed by atoms with Crippen molar-refractivity contribution >= 4 is 6.21 Å². The van der Waals surface area contributed by atoms with E-state index in [1.165, 1.54) is 6.21 Å². The zero-order valence-electron chi connectivity index (χ0n) is 7.98. The van der Waals surface area contributed by atoms with Gasteiger partial charge in [-0.25, -0.2) is 0 Å². The molecule has 7 nitrogen and oxygen atoms in total. The van der Waals surface area contributed by atoms with Crippen molar-refractivity contribution in [2.24, 2.45) is 0 Å². The minimum atomic E-state index is -1.50. The molecule has 0 amide bonds. The van der Waals surface area contributed by atoms with E-state index >= 15 is 0 Å². The molecule has 0 aliphatic heterocycles. The molecule has 0 aliphatic rings. The zero-order chi connectivity index (χ0) is 11.2. The minimum absolute atomic E-state index is 0.261. The highest BCUT2D eigenvalue weighted by Crippen LogP contribution is 1.81. The fourth-order valence-electron chi connectivity index (χ4n) is 0.658. The maximum Gasteiger partial charge on any atom is 0.291 e. The fraction of sp³-hybridized carbons (Fsp3) is 0.857. The molecule has 0 bridgehead atoms. The van der Waals surface area contributed by atoms with Crippen LogP contribution in [0.4, 0.5) is 0 Å². The molecule has 0 aliphatic carbocycles. The van der Waals surface area contributed by atoms with Crippen molar-refractivity contribution in [3.05, 3.63) is 10.1 Å². The molecule has 4 N–H and O–H groups in total. The number of hydrogen-bond acceptors (Lipinski definition) is 5. The Hall–Kier alpha value is -1.21. The molecule has 0 saturated heterocycles. The van der Waals surface area contributed by atoms with E-state index in [1.54, 1.807) is 0 Å². The molecule has 0 aromatic carbocycles. The summed E-state index contributed by atoms with van der Waals surface area (Å²) in [6, 6.07) is 0. The Kier molecular flexibility index (Phi) is 15.6. The van der Waals surface area contributed by atoms with Crippen LogP contribution in [0.3, 0.4) is 0 Å². The van der Waals surface area contributed by atoms with Gasteiger partial charge in [-0.15, -0.1) is 10.1 Å². The van der Waals surface area contributed by atoms with Gasteiger partial charge in [0.2, 0.25) is 0 Å². The lowest BCUT2D eigenvalue weighted by Gasteiger charge is -1.99. The molecular formula is C7H17N3O4. The number of nitrogens with one attached hydrogen (secondary N) is 2. The number of aliphatic hydroxyl groups excluding tert-OH is 1. The van der Waals surface area contributed by atoms with Gasteiger partial charge in [-0.1, -0.05) is 0 Å². The summed E-state index contributed by atoms with van der Waals surface area (Å²) in [5, 5.41) is 31.9. The topological polar surface area (TPSA) is 119 Å². The van der Waals surface area contributed by atoms with E-state index in [9.17, 15) is 0 Å². The molecule has 0 spiro atoms. The highest BCUT2D eigenvalue weighted by Gasteiger charge is 1.85. The Morgan fingerprint density at radius 1 is 1.43 bits per heavy atom. The molecule has 0 aromatic rings. The van der Waals surface area contributed by atoms with Crippen molar-refractivity contribution in [3.63, 3.8) is 0 Å². The monoisotopic (exact) mass is 207 g/mol. The van der Waals surface area contributed by atoms with E-state index in [0.29, 0.717) is 0 Å². The quantitative estimate of drug-likeness (QED) is 0.203. The van der Waals surface area contributed by atoms with E-state index in [0.717, 1.165) is 32.4 Å². The Morgan fingerprint density at radius 3 is 2.36 bits per heavy atom. The average Bonchev–Trinajstić information content (AvgIpc) is 2.10. The van der Waals surface area contributed by atoms with Crippen LogP contribution in [0.2, 0.25) is 0 Å². The smallest absolute Gasteiger partial charge is 0.291 e. The summed E-state index contributed by atoms with van der Waals surface area (Å²) in [6.07, 6.45) is 4.12. The summed E-state index contributed by atoms with van der Waals surface area (Å²) in [7, 11) is 0. The van der Waals surface area contributed by atoms with Gasteiger partial charge < -0.3 is 21.0 Å². The standard InChI is InChI=1S/C7H16N2O.HNO3/c8-4-1-2-5-9-6-3-7-10;2-1(3)4/h4,8-10H,1-3,5-7H2;(H,2,3,4). The second-order valence-corrected chi connectivity index (χ2v) is 2.41. The predicted octanol–water partition coefficient (Wildman–Crippen LogP) is 0.0405. The predicted molar refractivity (Wildman–Crippen MR) is 51.4 cm³/mol. The summed E-state index contributed by atoms with van der Waals surface area (Å²) in [6.45, 7) is 2.10. The van der Waals surface area contributed by atoms with Gasteiger partial charge >= 0.3 is 0 Å². The molecule has 0 fully saturated rings. The highest BCUT2D eigenvalue weighted by molar-refractivity contribution is 5.52. The van der Waals surface area contributed by atoms with Crippen LogP contribution in [0, 0.1) is 15.5 Å². The largest absolute Gasteiger partial charge is 0.396 e. The van der Waals surface area contributed by atoms with Crippen LogP contribution in [0.15, 0.2) is 0 Å². The van der Waals surface area contributed by atoms with Gasteiger partial charge in [-0.05, 0) is 38.6 Å². The van der Waals surface area contributed by atoms with Crippen molar-refractivity contribution in [3.8, 4) is 0 Å². The normalized spacial score (nSPS) is 8.64. The first-order valence-electron chi connectivity index (χ1n) is 4.29. The number of unbranched alkanes of at least 4 members (excludes halogenated alkanes) is 1. The molecule has 0 saturated carbocycles. The highest BCUT2D eigenvalue weighted by atomic mass is 16.9. The Bertz CT molecular complexity index is 139. The Labute approximate surface area is 82.4 Å². The molecule has 0 atom stereocenters. The van der Waals surface area contributed by atoms with Crippen LogP contribution in [-0.4, -0.2) is 41.3 Å². The van der Waals surface area contributed by atoms with Crippen molar-refractivity contribution < 1.29 is 15.4 Å². The van der Waals surface area contributed by atoms with Crippen LogP contribution < -0.4 is 5.32 Å². The van der Waals surface area contributed by atoms with Gasteiger partial charge in [0.15, 0.2) is 0 Å². The third kappa shape index (κ3) is 30.8. The van der Waals surface area contributed by atoms with Crippen LogP contribution >= 0.6 is 0 Å². The molecule has 0 rings (SSSR count). The maximum absolute atomic E-state index is 8.39. The van der Waals surface area contributed by atoms with Gasteiger partial charge in [0.1, 0.15) is 0 Å². The number of aliphatic hydroxyl groups is 1. The lowest BCUT2D eigenvalue weighted by molar-refractivity contribution is -0.742. The number of hydrogen-bond donors (Lipinski definition) is 4. The van der Waals surface area contributed by atoms with Gasteiger partial charge in [-0.2, -0.15) is 0 Å². The van der Waals surface area contributed by atoms with Gasteiger partial charge in [0, 0.05) is 6.61 Å². The van der Waals surface area contributed by atoms with E-state index in [1.807, 2.05) is 0 Å². The number of rotatable bonds is 7. The lowest BCUT2D eigenvalue weighted by atomic mass is 10.3. The summed E-state index contributed by atoms with van der Waals surface area (Å²) in [5.41, 5.74) is 0. The van der Waals surface area contributed by atoms with Crippen LogP contribution in [0.1, 0.15) is 19.3 Å². The Morgan fingerprint density at radius 2 is 1.93 bits per heavy atom. The van der Waals surface area contributed by atoms with Gasteiger partial charge in [0.05, 0.1) is 0 Å². The second kappa shape index (κ2) is 14.3. The third-order valence-corrected chi connectivity index (χ3v) is 1.21. The third-order valence-electron chi connectivity index (χ3n) is 1.21. The van der Waals surface area contributed by atoms with Crippen molar-refractivity contribution in [1.29, 1.82) is 5.41 Å². The molecule has 84 valence electrons. The molecule has 0 unspecified atom stereocenters. The van der Waals surface area contributed by atoms with E-state index in [4.69, 9.17) is 25.8 Å². The minimum Gasteiger partial charge on any atom is -0.396 e. The number of nitrogens with zero attached hydrogens (tertiary/aromatic N) is 1. The maximum atomic E-state index is 8.39. The van der Waals surface area contributed by atoms with Crippen LogP contribution in [-0.2, 0) is 0 Å². The van der Waals surface area contributed by atoms with Gasteiger partial charge in [0.25, 0.3) is 5.09 Å². The Balaban J connectivity index is 0. The molecule has 0 heterocycles. The van der Waals surface area contributed by atoms with Crippen LogP contribution in [0.25, 0.3) is 0 Å². The molecule has 0 radical (unpaired) electrons. The SMILES string of the molecule is N=CCCCNCCCO.O=[N+]([O-])O. The average molecular weight is 207 g/mol. The molecule has 0 aromatic heterocycles. The van der Waals surface area contributed by atoms with Gasteiger partial charge in [-0.3, -0.25) is 0 Å². The second-order valence-electron chi connectivity index (χ2n) is 2.41. The van der Waals surface area contributed by atoms with Crippen LogP contribution in [0.5, 0.6) is 0 Å². The van der Waals surface area contributed by atoms with Crippen molar-refractivity contribution in [2.45, 2.75) is 19.3 Å².